The van der Waals surface area contributed by atoms with Crippen molar-refractivity contribution >= 4 is 12.4 Å². The second-order valence-corrected chi connectivity index (χ2v) is 3.54. The van der Waals surface area contributed by atoms with E-state index in [0.717, 1.165) is 19.1 Å². The van der Waals surface area contributed by atoms with Crippen molar-refractivity contribution in [1.29, 1.82) is 0 Å². The van der Waals surface area contributed by atoms with Gasteiger partial charge < -0.3 is 14.8 Å². The van der Waals surface area contributed by atoms with Crippen molar-refractivity contribution in [3.63, 3.8) is 0 Å². The van der Waals surface area contributed by atoms with Gasteiger partial charge in [-0.15, -0.1) is 0 Å². The lowest BCUT2D eigenvalue weighted by Gasteiger charge is -2.15. The number of amides is 1. The second kappa shape index (κ2) is 7.35. The molecule has 0 aromatic rings. The van der Waals surface area contributed by atoms with E-state index in [-0.39, 0.29) is 5.92 Å². The minimum atomic E-state index is -0.510. The van der Waals surface area contributed by atoms with Crippen LogP contribution in [0.15, 0.2) is 0 Å². The molecule has 0 aliphatic rings. The summed E-state index contributed by atoms with van der Waals surface area (Å²) >= 11 is 0. The normalized spacial score (nSPS) is 12.3. The number of carbonyl (C=O) groups excluding carboxylic acids is 2. The lowest BCUT2D eigenvalue weighted by molar-refractivity contribution is -0.110. The van der Waals surface area contributed by atoms with Crippen LogP contribution in [0.5, 0.6) is 0 Å². The standard InChI is InChI=1S/C10H19NO3/c1-4-5-6-14-10(13)11-9(7-12)8(2)3/h7-9H,4-6H2,1-3H3,(H,11,13)/t9-/m1/s1. The fraction of sp³-hybridized carbons (Fsp3) is 0.800. The van der Waals surface area contributed by atoms with Gasteiger partial charge in [-0.1, -0.05) is 27.2 Å². The summed E-state index contributed by atoms with van der Waals surface area (Å²) in [4.78, 5) is 21.6. The Morgan fingerprint density at radius 1 is 1.50 bits per heavy atom. The monoisotopic (exact) mass is 201 g/mol. The summed E-state index contributed by atoms with van der Waals surface area (Å²) < 4.78 is 4.86. The molecule has 1 N–H and O–H groups in total. The fourth-order valence-electron chi connectivity index (χ4n) is 0.845. The maximum absolute atomic E-state index is 11.1. The van der Waals surface area contributed by atoms with Crippen LogP contribution in [0.25, 0.3) is 0 Å². The van der Waals surface area contributed by atoms with Crippen molar-refractivity contribution in [1.82, 2.24) is 5.32 Å². The van der Waals surface area contributed by atoms with E-state index in [9.17, 15) is 9.59 Å². The Kier molecular flexibility index (Phi) is 6.80. The first-order valence-electron chi connectivity index (χ1n) is 5.00. The molecule has 0 fully saturated rings. The Morgan fingerprint density at radius 2 is 2.14 bits per heavy atom. The van der Waals surface area contributed by atoms with Crippen LogP contribution in [0.2, 0.25) is 0 Å². The molecule has 0 radical (unpaired) electrons. The van der Waals surface area contributed by atoms with Gasteiger partial charge in [0.1, 0.15) is 6.29 Å². The molecule has 0 aromatic carbocycles. The van der Waals surface area contributed by atoms with Crippen molar-refractivity contribution in [2.24, 2.45) is 5.92 Å². The highest BCUT2D eigenvalue weighted by molar-refractivity contribution is 5.73. The number of nitrogens with one attached hydrogen (secondary N) is 1. The third kappa shape index (κ3) is 5.56. The van der Waals surface area contributed by atoms with Crippen molar-refractivity contribution < 1.29 is 14.3 Å². The van der Waals surface area contributed by atoms with Crippen molar-refractivity contribution in [2.45, 2.75) is 39.7 Å². The summed E-state index contributed by atoms with van der Waals surface area (Å²) in [6.07, 6.45) is 2.05. The molecule has 14 heavy (non-hydrogen) atoms. The van der Waals surface area contributed by atoms with E-state index >= 15 is 0 Å². The summed E-state index contributed by atoms with van der Waals surface area (Å²) in [7, 11) is 0. The van der Waals surface area contributed by atoms with Gasteiger partial charge in [0.15, 0.2) is 0 Å². The zero-order valence-electron chi connectivity index (χ0n) is 9.08. The van der Waals surface area contributed by atoms with Crippen LogP contribution in [-0.4, -0.2) is 25.0 Å². The Labute approximate surface area is 85.0 Å². The van der Waals surface area contributed by atoms with Gasteiger partial charge >= 0.3 is 6.09 Å². The maximum Gasteiger partial charge on any atom is 0.407 e. The van der Waals surface area contributed by atoms with Crippen LogP contribution < -0.4 is 5.32 Å². The first kappa shape index (κ1) is 12.9. The molecule has 0 unspecified atom stereocenters. The van der Waals surface area contributed by atoms with Crippen LogP contribution in [0.3, 0.4) is 0 Å². The van der Waals surface area contributed by atoms with Crippen molar-refractivity contribution in [2.75, 3.05) is 6.61 Å². The minimum Gasteiger partial charge on any atom is -0.450 e. The summed E-state index contributed by atoms with van der Waals surface area (Å²) in [6.45, 7) is 6.16. The topological polar surface area (TPSA) is 55.4 Å². The summed E-state index contributed by atoms with van der Waals surface area (Å²) in [5, 5.41) is 2.50. The van der Waals surface area contributed by atoms with Gasteiger partial charge in [0.25, 0.3) is 0 Å². The van der Waals surface area contributed by atoms with Gasteiger partial charge in [0.05, 0.1) is 12.6 Å². The molecule has 0 aliphatic carbocycles. The van der Waals surface area contributed by atoms with Gasteiger partial charge in [0, 0.05) is 0 Å². The van der Waals surface area contributed by atoms with E-state index in [1.807, 2.05) is 20.8 Å². The van der Waals surface area contributed by atoms with Crippen LogP contribution in [-0.2, 0) is 9.53 Å². The second-order valence-electron chi connectivity index (χ2n) is 3.54. The molecule has 0 rings (SSSR count). The number of hydrogen-bond acceptors (Lipinski definition) is 3. The quantitative estimate of drug-likeness (QED) is 0.526. The zero-order valence-corrected chi connectivity index (χ0v) is 9.08. The number of ether oxygens (including phenoxy) is 1. The number of aldehydes is 1. The van der Waals surface area contributed by atoms with Gasteiger partial charge in [0.2, 0.25) is 0 Å². The van der Waals surface area contributed by atoms with E-state index < -0.39 is 12.1 Å². The lowest BCUT2D eigenvalue weighted by Crippen LogP contribution is -2.40. The minimum absolute atomic E-state index is 0.0891. The lowest BCUT2D eigenvalue weighted by atomic mass is 10.1. The number of unbranched alkanes of at least 4 members (excludes halogenated alkanes) is 1. The van der Waals surface area contributed by atoms with E-state index in [0.29, 0.717) is 6.61 Å². The molecule has 4 heteroatoms. The Hall–Kier alpha value is -1.06. The van der Waals surface area contributed by atoms with Gasteiger partial charge in [-0.25, -0.2) is 4.79 Å². The Bertz CT molecular complexity index is 180. The predicted molar refractivity (Wildman–Crippen MR) is 54.1 cm³/mol. The molecule has 0 spiro atoms. The Balaban J connectivity index is 3.73. The van der Waals surface area contributed by atoms with E-state index in [2.05, 4.69) is 5.32 Å². The molecule has 1 amide bonds. The highest BCUT2D eigenvalue weighted by Crippen LogP contribution is 1.98. The average molecular weight is 201 g/mol. The molecule has 4 nitrogen and oxygen atoms in total. The van der Waals surface area contributed by atoms with Crippen LogP contribution in [0.4, 0.5) is 4.79 Å². The molecular formula is C10H19NO3. The summed E-state index contributed by atoms with van der Waals surface area (Å²) in [5.41, 5.74) is 0. The highest BCUT2D eigenvalue weighted by atomic mass is 16.5. The number of hydrogen-bond donors (Lipinski definition) is 1. The maximum atomic E-state index is 11.1. The third-order valence-corrected chi connectivity index (χ3v) is 1.88. The molecule has 0 bridgehead atoms. The van der Waals surface area contributed by atoms with Crippen LogP contribution in [0.1, 0.15) is 33.6 Å². The first-order chi connectivity index (χ1) is 6.61. The number of alkyl carbamates (subject to hydrolysis) is 1. The van der Waals surface area contributed by atoms with Gasteiger partial charge in [-0.2, -0.15) is 0 Å². The average Bonchev–Trinajstić information content (AvgIpc) is 2.14. The number of carbonyl (C=O) groups is 2. The first-order valence-corrected chi connectivity index (χ1v) is 5.00. The highest BCUT2D eigenvalue weighted by Gasteiger charge is 2.15. The molecule has 0 aromatic heterocycles. The van der Waals surface area contributed by atoms with Crippen LogP contribution in [0, 0.1) is 5.92 Å². The van der Waals surface area contributed by atoms with E-state index in [1.54, 1.807) is 0 Å². The predicted octanol–water partition coefficient (Wildman–Crippen LogP) is 1.74. The van der Waals surface area contributed by atoms with Crippen molar-refractivity contribution in [3.8, 4) is 0 Å². The largest absolute Gasteiger partial charge is 0.450 e. The third-order valence-electron chi connectivity index (χ3n) is 1.88. The molecule has 1 atom stereocenters. The number of rotatable bonds is 6. The van der Waals surface area contributed by atoms with Crippen LogP contribution >= 0.6 is 0 Å². The van der Waals surface area contributed by atoms with E-state index in [1.165, 1.54) is 0 Å². The van der Waals surface area contributed by atoms with Crippen molar-refractivity contribution in [3.05, 3.63) is 0 Å². The summed E-state index contributed by atoms with van der Waals surface area (Å²) in [6, 6.07) is -0.455. The summed E-state index contributed by atoms with van der Waals surface area (Å²) in [5.74, 6) is 0.0891. The van der Waals surface area contributed by atoms with Gasteiger partial charge in [-0.05, 0) is 12.3 Å². The van der Waals surface area contributed by atoms with Gasteiger partial charge in [-0.3, -0.25) is 0 Å². The molecule has 0 saturated heterocycles. The molecular weight excluding hydrogens is 182 g/mol. The zero-order chi connectivity index (χ0) is 11.0. The van der Waals surface area contributed by atoms with E-state index in [4.69, 9.17) is 4.74 Å². The molecule has 0 aliphatic heterocycles. The smallest absolute Gasteiger partial charge is 0.407 e. The SMILES string of the molecule is CCCCOC(=O)N[C@H](C=O)C(C)C. The molecule has 82 valence electrons. The molecule has 0 saturated carbocycles. The Morgan fingerprint density at radius 3 is 2.57 bits per heavy atom. The molecule has 0 heterocycles. The fourth-order valence-corrected chi connectivity index (χ4v) is 0.845.